The summed E-state index contributed by atoms with van der Waals surface area (Å²) in [5.74, 6) is -0.478. The molecule has 0 spiro atoms. The summed E-state index contributed by atoms with van der Waals surface area (Å²) in [6.07, 6.45) is -0.943. The second-order valence-electron chi connectivity index (χ2n) is 3.66. The highest BCUT2D eigenvalue weighted by Gasteiger charge is 2.12. The molecule has 0 saturated carbocycles. The predicted octanol–water partition coefficient (Wildman–Crippen LogP) is 4.21. The molecule has 4 heteroatoms. The summed E-state index contributed by atoms with van der Waals surface area (Å²) in [5.41, 5.74) is 0.997. The minimum absolute atomic E-state index is 0.251. The van der Waals surface area contributed by atoms with Crippen LogP contribution in [0.5, 0.6) is 0 Å². The molecule has 0 saturated heterocycles. The fourth-order valence-corrected chi connectivity index (χ4v) is 2.03. The van der Waals surface area contributed by atoms with E-state index in [4.69, 9.17) is 23.2 Å². The van der Waals surface area contributed by atoms with E-state index in [1.807, 2.05) is 0 Å². The van der Waals surface area contributed by atoms with Crippen molar-refractivity contribution in [3.05, 3.63) is 69.5 Å². The lowest BCUT2D eigenvalue weighted by Crippen LogP contribution is -2.00. The first-order chi connectivity index (χ1) is 8.06. The zero-order chi connectivity index (χ0) is 12.4. The molecular formula is C13H9Cl2FO. The SMILES string of the molecule is O[C@@H](c1cccc(Cl)c1)c1cc(F)cc(Cl)c1. The molecule has 0 aliphatic rings. The molecule has 88 valence electrons. The van der Waals surface area contributed by atoms with Crippen molar-refractivity contribution >= 4 is 23.2 Å². The van der Waals surface area contributed by atoms with Crippen LogP contribution in [0.2, 0.25) is 10.0 Å². The molecule has 0 heterocycles. The van der Waals surface area contributed by atoms with E-state index in [1.54, 1.807) is 24.3 Å². The van der Waals surface area contributed by atoms with Crippen LogP contribution in [0.15, 0.2) is 42.5 Å². The maximum absolute atomic E-state index is 13.2. The Hall–Kier alpha value is -1.09. The Bertz CT molecular complexity index is 522. The van der Waals surface area contributed by atoms with Gasteiger partial charge in [0.25, 0.3) is 0 Å². The van der Waals surface area contributed by atoms with Gasteiger partial charge in [-0.15, -0.1) is 0 Å². The third kappa shape index (κ3) is 2.97. The van der Waals surface area contributed by atoms with Gasteiger partial charge >= 0.3 is 0 Å². The maximum Gasteiger partial charge on any atom is 0.125 e. The highest BCUT2D eigenvalue weighted by molar-refractivity contribution is 6.31. The highest BCUT2D eigenvalue weighted by atomic mass is 35.5. The summed E-state index contributed by atoms with van der Waals surface area (Å²) >= 11 is 11.6. The monoisotopic (exact) mass is 270 g/mol. The van der Waals surface area contributed by atoms with Crippen molar-refractivity contribution < 1.29 is 9.50 Å². The van der Waals surface area contributed by atoms with E-state index < -0.39 is 11.9 Å². The Morgan fingerprint density at radius 2 is 1.65 bits per heavy atom. The Morgan fingerprint density at radius 3 is 2.29 bits per heavy atom. The van der Waals surface area contributed by atoms with Crippen molar-refractivity contribution in [2.45, 2.75) is 6.10 Å². The Morgan fingerprint density at radius 1 is 0.941 bits per heavy atom. The number of aliphatic hydroxyl groups is 1. The number of aliphatic hydroxyl groups excluding tert-OH is 1. The summed E-state index contributed by atoms with van der Waals surface area (Å²) in [6, 6.07) is 10.7. The van der Waals surface area contributed by atoms with E-state index in [1.165, 1.54) is 18.2 Å². The smallest absolute Gasteiger partial charge is 0.125 e. The Balaban J connectivity index is 2.39. The summed E-state index contributed by atoms with van der Waals surface area (Å²) in [6.45, 7) is 0. The topological polar surface area (TPSA) is 20.2 Å². The molecule has 2 rings (SSSR count). The van der Waals surface area contributed by atoms with Crippen LogP contribution in [-0.4, -0.2) is 5.11 Å². The van der Waals surface area contributed by atoms with Crippen molar-refractivity contribution in [2.75, 3.05) is 0 Å². The number of hydrogen-bond acceptors (Lipinski definition) is 1. The standard InChI is InChI=1S/C13H9Cl2FO/c14-10-3-1-2-8(4-10)13(17)9-5-11(15)7-12(16)6-9/h1-7,13,17H/t13-/m0/s1. The molecule has 1 N–H and O–H groups in total. The van der Waals surface area contributed by atoms with E-state index in [-0.39, 0.29) is 5.02 Å². The minimum Gasteiger partial charge on any atom is -0.384 e. The molecule has 0 fully saturated rings. The molecule has 2 aromatic carbocycles. The number of hydrogen-bond donors (Lipinski definition) is 1. The number of rotatable bonds is 2. The van der Waals surface area contributed by atoms with Crippen molar-refractivity contribution in [1.82, 2.24) is 0 Å². The first-order valence-corrected chi connectivity index (χ1v) is 5.71. The zero-order valence-corrected chi connectivity index (χ0v) is 10.2. The molecule has 17 heavy (non-hydrogen) atoms. The van der Waals surface area contributed by atoms with Crippen LogP contribution in [-0.2, 0) is 0 Å². The lowest BCUT2D eigenvalue weighted by Gasteiger charge is -2.12. The van der Waals surface area contributed by atoms with Gasteiger partial charge in [0, 0.05) is 10.0 Å². The summed E-state index contributed by atoms with van der Waals surface area (Å²) in [4.78, 5) is 0. The van der Waals surface area contributed by atoms with Gasteiger partial charge in [-0.2, -0.15) is 0 Å². The molecule has 1 nitrogen and oxygen atoms in total. The van der Waals surface area contributed by atoms with Gasteiger partial charge in [-0.25, -0.2) is 4.39 Å². The van der Waals surface area contributed by atoms with Gasteiger partial charge in [0.05, 0.1) is 0 Å². The van der Waals surface area contributed by atoms with Gasteiger partial charge in [0.1, 0.15) is 11.9 Å². The summed E-state index contributed by atoms with van der Waals surface area (Å²) in [5, 5.41) is 10.8. The Kier molecular flexibility index (Phi) is 3.67. The molecule has 0 amide bonds. The normalized spacial score (nSPS) is 12.5. The van der Waals surface area contributed by atoms with Crippen molar-refractivity contribution in [1.29, 1.82) is 0 Å². The molecule has 1 atom stereocenters. The Labute approximate surface area is 108 Å². The molecular weight excluding hydrogens is 262 g/mol. The minimum atomic E-state index is -0.943. The molecule has 0 unspecified atom stereocenters. The van der Waals surface area contributed by atoms with E-state index in [2.05, 4.69) is 0 Å². The summed E-state index contributed by atoms with van der Waals surface area (Å²) < 4.78 is 13.2. The van der Waals surface area contributed by atoms with Crippen LogP contribution in [0, 0.1) is 5.82 Å². The molecule has 0 aromatic heterocycles. The number of benzene rings is 2. The molecule has 0 bridgehead atoms. The van der Waals surface area contributed by atoms with Crippen LogP contribution in [0.4, 0.5) is 4.39 Å². The largest absolute Gasteiger partial charge is 0.384 e. The number of halogens is 3. The second-order valence-corrected chi connectivity index (χ2v) is 4.53. The van der Waals surface area contributed by atoms with Gasteiger partial charge < -0.3 is 5.11 Å². The first-order valence-electron chi connectivity index (χ1n) is 4.96. The molecule has 0 aliphatic carbocycles. The predicted molar refractivity (Wildman–Crippen MR) is 66.9 cm³/mol. The van der Waals surface area contributed by atoms with Crippen LogP contribution in [0.25, 0.3) is 0 Å². The van der Waals surface area contributed by atoms with E-state index in [9.17, 15) is 9.50 Å². The van der Waals surface area contributed by atoms with Gasteiger partial charge in [0.2, 0.25) is 0 Å². The van der Waals surface area contributed by atoms with Gasteiger partial charge in [-0.1, -0.05) is 35.3 Å². The summed E-state index contributed by atoms with van der Waals surface area (Å²) in [7, 11) is 0. The zero-order valence-electron chi connectivity index (χ0n) is 8.70. The van der Waals surface area contributed by atoms with Crippen LogP contribution in [0.1, 0.15) is 17.2 Å². The van der Waals surface area contributed by atoms with E-state index in [0.29, 0.717) is 16.1 Å². The highest BCUT2D eigenvalue weighted by Crippen LogP contribution is 2.26. The van der Waals surface area contributed by atoms with Gasteiger partial charge in [0.15, 0.2) is 0 Å². The molecule has 2 aromatic rings. The second kappa shape index (κ2) is 5.05. The van der Waals surface area contributed by atoms with Crippen molar-refractivity contribution in [2.24, 2.45) is 0 Å². The third-order valence-corrected chi connectivity index (χ3v) is 2.82. The van der Waals surface area contributed by atoms with E-state index in [0.717, 1.165) is 0 Å². The lowest BCUT2D eigenvalue weighted by molar-refractivity contribution is 0.220. The molecule has 0 aliphatic heterocycles. The first kappa shape index (κ1) is 12.4. The fraction of sp³-hybridized carbons (Fsp3) is 0.0769. The van der Waals surface area contributed by atoms with Gasteiger partial charge in [-0.3, -0.25) is 0 Å². The van der Waals surface area contributed by atoms with Crippen LogP contribution >= 0.6 is 23.2 Å². The van der Waals surface area contributed by atoms with E-state index >= 15 is 0 Å². The van der Waals surface area contributed by atoms with Crippen LogP contribution in [0.3, 0.4) is 0 Å². The fourth-order valence-electron chi connectivity index (χ4n) is 1.60. The maximum atomic E-state index is 13.2. The average Bonchev–Trinajstić information content (AvgIpc) is 2.26. The average molecular weight is 271 g/mol. The van der Waals surface area contributed by atoms with Crippen molar-refractivity contribution in [3.8, 4) is 0 Å². The third-order valence-electron chi connectivity index (χ3n) is 2.37. The van der Waals surface area contributed by atoms with Crippen LogP contribution < -0.4 is 0 Å². The van der Waals surface area contributed by atoms with Gasteiger partial charge in [-0.05, 0) is 41.5 Å². The van der Waals surface area contributed by atoms with Crippen molar-refractivity contribution in [3.63, 3.8) is 0 Å². The molecule has 0 radical (unpaired) electrons. The lowest BCUT2D eigenvalue weighted by atomic mass is 10.0. The quantitative estimate of drug-likeness (QED) is 0.867.